The Morgan fingerprint density at radius 1 is 1.45 bits per heavy atom. The second-order valence-electron chi connectivity index (χ2n) is 4.39. The van der Waals surface area contributed by atoms with Gasteiger partial charge in [0.15, 0.2) is 0 Å². The van der Waals surface area contributed by atoms with E-state index in [1.54, 1.807) is 0 Å². The zero-order chi connectivity index (χ0) is 8.32. The minimum absolute atomic E-state index is 0.365. The summed E-state index contributed by atoms with van der Waals surface area (Å²) in [6.45, 7) is 7.65. The molecule has 1 rings (SSSR count). The number of rotatable bonds is 1. The van der Waals surface area contributed by atoms with E-state index in [9.17, 15) is 0 Å². The molecule has 0 bridgehead atoms. The minimum Gasteiger partial charge on any atom is -0.374 e. The Labute approximate surface area is 69.4 Å². The van der Waals surface area contributed by atoms with Crippen LogP contribution in [-0.2, 0) is 4.74 Å². The number of ether oxygens (including phenoxy) is 1. The van der Waals surface area contributed by atoms with Crippen molar-refractivity contribution in [1.29, 1.82) is 0 Å². The van der Waals surface area contributed by atoms with Gasteiger partial charge in [-0.05, 0) is 18.3 Å². The highest BCUT2D eigenvalue weighted by Gasteiger charge is 2.18. The highest BCUT2D eigenvalue weighted by molar-refractivity contribution is 4.94. The third-order valence-corrected chi connectivity index (χ3v) is 1.78. The lowest BCUT2D eigenvalue weighted by molar-refractivity contribution is 0.0520. The van der Waals surface area contributed by atoms with Crippen LogP contribution in [0.1, 0.15) is 33.6 Å². The van der Waals surface area contributed by atoms with Gasteiger partial charge in [-0.25, -0.2) is 0 Å². The molecule has 1 aliphatic rings. The molecule has 0 N–H and O–H groups in total. The molecule has 1 heteroatoms. The lowest BCUT2D eigenvalue weighted by atomic mass is 9.88. The normalized spacial score (nSPS) is 25.5. The van der Waals surface area contributed by atoms with Crippen LogP contribution in [0.25, 0.3) is 0 Å². The summed E-state index contributed by atoms with van der Waals surface area (Å²) in [5.41, 5.74) is 0.381. The molecule has 0 fully saturated rings. The fraction of sp³-hybridized carbons (Fsp3) is 0.800. The average molecular weight is 154 g/mol. The van der Waals surface area contributed by atoms with Crippen molar-refractivity contribution in [3.63, 3.8) is 0 Å². The van der Waals surface area contributed by atoms with Crippen molar-refractivity contribution in [2.24, 2.45) is 5.41 Å². The largest absolute Gasteiger partial charge is 0.374 e. The molecule has 1 unspecified atom stereocenters. The van der Waals surface area contributed by atoms with Crippen LogP contribution >= 0.6 is 0 Å². The molecule has 0 saturated carbocycles. The molecule has 1 aliphatic heterocycles. The summed E-state index contributed by atoms with van der Waals surface area (Å²) in [5.74, 6) is 0. The molecule has 0 amide bonds. The zero-order valence-electron chi connectivity index (χ0n) is 7.76. The molecule has 0 aromatic rings. The Bertz CT molecular complexity index is 141. The van der Waals surface area contributed by atoms with E-state index in [1.807, 2.05) is 0 Å². The first-order chi connectivity index (χ1) is 5.08. The van der Waals surface area contributed by atoms with Gasteiger partial charge in [0, 0.05) is 0 Å². The van der Waals surface area contributed by atoms with Crippen molar-refractivity contribution in [2.45, 2.75) is 39.7 Å². The first-order valence-electron chi connectivity index (χ1n) is 4.36. The van der Waals surface area contributed by atoms with Gasteiger partial charge < -0.3 is 4.74 Å². The second-order valence-corrected chi connectivity index (χ2v) is 4.39. The number of hydrogen-bond acceptors (Lipinski definition) is 1. The second kappa shape index (κ2) is 3.40. The molecular weight excluding hydrogens is 136 g/mol. The van der Waals surface area contributed by atoms with Crippen LogP contribution in [0.4, 0.5) is 0 Å². The van der Waals surface area contributed by atoms with Gasteiger partial charge in [-0.15, -0.1) is 0 Å². The van der Waals surface area contributed by atoms with Crippen LogP contribution in [0, 0.1) is 5.41 Å². The van der Waals surface area contributed by atoms with Gasteiger partial charge in [0.25, 0.3) is 0 Å². The summed E-state index contributed by atoms with van der Waals surface area (Å²) < 4.78 is 5.57. The van der Waals surface area contributed by atoms with Crippen molar-refractivity contribution in [3.8, 4) is 0 Å². The molecule has 1 atom stereocenters. The predicted octanol–water partition coefficient (Wildman–Crippen LogP) is 2.77. The third kappa shape index (κ3) is 3.57. The van der Waals surface area contributed by atoms with Gasteiger partial charge in [-0.3, -0.25) is 0 Å². The fourth-order valence-electron chi connectivity index (χ4n) is 1.32. The van der Waals surface area contributed by atoms with Gasteiger partial charge in [-0.2, -0.15) is 0 Å². The molecule has 1 nitrogen and oxygen atoms in total. The number of hydrogen-bond donors (Lipinski definition) is 0. The molecule has 0 spiro atoms. The lowest BCUT2D eigenvalue weighted by Crippen LogP contribution is -2.21. The van der Waals surface area contributed by atoms with E-state index in [0.29, 0.717) is 11.5 Å². The van der Waals surface area contributed by atoms with E-state index in [2.05, 4.69) is 32.9 Å². The Hall–Kier alpha value is -0.300. The predicted molar refractivity (Wildman–Crippen MR) is 47.6 cm³/mol. The Balaban J connectivity index is 2.36. The topological polar surface area (TPSA) is 9.23 Å². The molecule has 11 heavy (non-hydrogen) atoms. The zero-order valence-corrected chi connectivity index (χ0v) is 7.76. The van der Waals surface area contributed by atoms with Gasteiger partial charge in [0.2, 0.25) is 0 Å². The SMILES string of the molecule is CC(C)(C)CC1C=CCCO1. The highest BCUT2D eigenvalue weighted by atomic mass is 16.5. The van der Waals surface area contributed by atoms with Crippen molar-refractivity contribution in [2.75, 3.05) is 6.61 Å². The van der Waals surface area contributed by atoms with Crippen LogP contribution in [0.3, 0.4) is 0 Å². The molecule has 0 saturated heterocycles. The van der Waals surface area contributed by atoms with Crippen LogP contribution < -0.4 is 0 Å². The van der Waals surface area contributed by atoms with E-state index in [1.165, 1.54) is 0 Å². The van der Waals surface area contributed by atoms with Crippen molar-refractivity contribution >= 4 is 0 Å². The molecule has 64 valence electrons. The van der Waals surface area contributed by atoms with Crippen molar-refractivity contribution in [1.82, 2.24) is 0 Å². The first kappa shape index (κ1) is 8.79. The van der Waals surface area contributed by atoms with Gasteiger partial charge in [0.05, 0.1) is 12.7 Å². The van der Waals surface area contributed by atoms with E-state index in [-0.39, 0.29) is 0 Å². The quantitative estimate of drug-likeness (QED) is 0.528. The maximum atomic E-state index is 5.57. The van der Waals surface area contributed by atoms with Crippen LogP contribution in [0.2, 0.25) is 0 Å². The van der Waals surface area contributed by atoms with Crippen molar-refractivity contribution in [3.05, 3.63) is 12.2 Å². The van der Waals surface area contributed by atoms with Crippen LogP contribution in [-0.4, -0.2) is 12.7 Å². The molecular formula is C10H18O. The third-order valence-electron chi connectivity index (χ3n) is 1.78. The van der Waals surface area contributed by atoms with Gasteiger partial charge in [0.1, 0.15) is 0 Å². The maximum Gasteiger partial charge on any atom is 0.0760 e. The Kier molecular flexibility index (Phi) is 2.72. The summed E-state index contributed by atoms with van der Waals surface area (Å²) in [7, 11) is 0. The summed E-state index contributed by atoms with van der Waals surface area (Å²) >= 11 is 0. The minimum atomic E-state index is 0.365. The van der Waals surface area contributed by atoms with Gasteiger partial charge in [-0.1, -0.05) is 32.9 Å². The maximum absolute atomic E-state index is 5.57. The smallest absolute Gasteiger partial charge is 0.0760 e. The Morgan fingerprint density at radius 3 is 2.64 bits per heavy atom. The van der Waals surface area contributed by atoms with E-state index < -0.39 is 0 Å². The molecule has 0 aromatic carbocycles. The summed E-state index contributed by atoms with van der Waals surface area (Å²) in [6, 6.07) is 0. The van der Waals surface area contributed by atoms with E-state index in [4.69, 9.17) is 4.74 Å². The van der Waals surface area contributed by atoms with Gasteiger partial charge >= 0.3 is 0 Å². The Morgan fingerprint density at radius 2 is 2.18 bits per heavy atom. The highest BCUT2D eigenvalue weighted by Crippen LogP contribution is 2.24. The standard InChI is InChI=1S/C10H18O/c1-10(2,3)8-9-6-4-5-7-11-9/h4,6,9H,5,7-8H2,1-3H3. The average Bonchev–Trinajstić information content (AvgIpc) is 1.85. The van der Waals surface area contributed by atoms with Crippen molar-refractivity contribution < 1.29 is 4.74 Å². The summed E-state index contributed by atoms with van der Waals surface area (Å²) in [6.07, 6.45) is 6.99. The summed E-state index contributed by atoms with van der Waals surface area (Å²) in [4.78, 5) is 0. The van der Waals surface area contributed by atoms with E-state index in [0.717, 1.165) is 19.4 Å². The fourth-order valence-corrected chi connectivity index (χ4v) is 1.32. The summed E-state index contributed by atoms with van der Waals surface area (Å²) in [5, 5.41) is 0. The molecule has 0 aliphatic carbocycles. The molecule has 0 aromatic heterocycles. The first-order valence-corrected chi connectivity index (χ1v) is 4.36. The van der Waals surface area contributed by atoms with Crippen LogP contribution in [0.5, 0.6) is 0 Å². The molecule has 1 heterocycles. The molecule has 0 radical (unpaired) electrons. The lowest BCUT2D eigenvalue weighted by Gasteiger charge is -2.25. The van der Waals surface area contributed by atoms with E-state index >= 15 is 0 Å². The monoisotopic (exact) mass is 154 g/mol. The van der Waals surface area contributed by atoms with Crippen LogP contribution in [0.15, 0.2) is 12.2 Å².